The molecule has 0 saturated heterocycles. The van der Waals surface area contributed by atoms with Gasteiger partial charge in [-0.1, -0.05) is 20.8 Å². The van der Waals surface area contributed by atoms with E-state index < -0.39 is 10.8 Å². The first-order valence-corrected chi connectivity index (χ1v) is 6.40. The van der Waals surface area contributed by atoms with Crippen LogP contribution in [0.2, 0.25) is 0 Å². The minimum absolute atomic E-state index is 0.0354. The maximum Gasteiger partial charge on any atom is 0.233 e. The van der Waals surface area contributed by atoms with Crippen LogP contribution in [0.3, 0.4) is 0 Å². The Balaban J connectivity index is 3.40. The number of carbonyl (C=O) groups excluding carboxylic acids is 1. The van der Waals surface area contributed by atoms with E-state index in [4.69, 9.17) is 0 Å². The molecule has 0 aliphatic rings. The molecule has 14 heavy (non-hydrogen) atoms. The highest BCUT2D eigenvalue weighted by atomic mass is 32.2. The summed E-state index contributed by atoms with van der Waals surface area (Å²) in [4.78, 5) is 11.1. The predicted molar refractivity (Wildman–Crippen MR) is 59.7 cm³/mol. The molecule has 0 fully saturated rings. The average molecular weight is 220 g/mol. The fraction of sp³-hybridized carbons (Fsp3) is 0.889. The monoisotopic (exact) mass is 220 g/mol. The minimum Gasteiger partial charge on any atom is -0.354 e. The van der Waals surface area contributed by atoms with Gasteiger partial charge in [-0.05, 0) is 0 Å². The Hall–Kier alpha value is -0.420. The Kier molecular flexibility index (Phi) is 7.70. The zero-order valence-electron chi connectivity index (χ0n) is 9.13. The summed E-state index contributed by atoms with van der Waals surface area (Å²) in [6, 6.07) is 0.311. The van der Waals surface area contributed by atoms with E-state index in [1.165, 1.54) is 0 Å². The molecule has 84 valence electrons. The number of amides is 1. The molecule has 0 bridgehead atoms. The van der Waals surface area contributed by atoms with Gasteiger partial charge >= 0.3 is 0 Å². The van der Waals surface area contributed by atoms with Crippen LogP contribution in [0.5, 0.6) is 0 Å². The van der Waals surface area contributed by atoms with Gasteiger partial charge in [0, 0.05) is 34.9 Å². The maximum atomic E-state index is 11.1. The first-order valence-electron chi connectivity index (χ1n) is 4.91. The molecule has 0 heterocycles. The average Bonchev–Trinajstić information content (AvgIpc) is 2.14. The quantitative estimate of drug-likeness (QED) is 0.628. The van der Waals surface area contributed by atoms with E-state index in [1.54, 1.807) is 0 Å². The zero-order chi connectivity index (χ0) is 11.0. The van der Waals surface area contributed by atoms with E-state index in [0.717, 1.165) is 0 Å². The lowest BCUT2D eigenvalue weighted by atomic mass is 10.4. The molecule has 0 aliphatic heterocycles. The molecule has 0 aromatic heterocycles. The van der Waals surface area contributed by atoms with Gasteiger partial charge in [0.15, 0.2) is 0 Å². The van der Waals surface area contributed by atoms with Gasteiger partial charge in [0.25, 0.3) is 0 Å². The van der Waals surface area contributed by atoms with E-state index in [2.05, 4.69) is 10.6 Å². The van der Waals surface area contributed by atoms with E-state index in [-0.39, 0.29) is 5.91 Å². The Bertz CT molecular complexity index is 195. The Morgan fingerprint density at radius 3 is 2.57 bits per heavy atom. The van der Waals surface area contributed by atoms with Crippen molar-refractivity contribution in [2.45, 2.75) is 26.8 Å². The molecular weight excluding hydrogens is 200 g/mol. The molecule has 0 saturated carbocycles. The van der Waals surface area contributed by atoms with Crippen molar-refractivity contribution in [1.29, 1.82) is 0 Å². The second kappa shape index (κ2) is 7.94. The summed E-state index contributed by atoms with van der Waals surface area (Å²) < 4.78 is 11.0. The summed E-state index contributed by atoms with van der Waals surface area (Å²) in [5.41, 5.74) is 0. The highest BCUT2D eigenvalue weighted by molar-refractivity contribution is 7.84. The van der Waals surface area contributed by atoms with Crippen molar-refractivity contribution in [3.8, 4) is 0 Å². The summed E-state index contributed by atoms with van der Waals surface area (Å²) in [6.07, 6.45) is 0. The Morgan fingerprint density at radius 1 is 1.43 bits per heavy atom. The zero-order valence-corrected chi connectivity index (χ0v) is 9.95. The highest BCUT2D eigenvalue weighted by Crippen LogP contribution is 1.79. The number of hydrogen-bond acceptors (Lipinski definition) is 3. The number of rotatable bonds is 7. The van der Waals surface area contributed by atoms with Gasteiger partial charge in [-0.15, -0.1) is 0 Å². The third kappa shape index (κ3) is 8.19. The van der Waals surface area contributed by atoms with Crippen molar-refractivity contribution >= 4 is 16.7 Å². The molecular formula is C9H20N2O2S. The molecule has 0 aromatic carbocycles. The standard InChI is InChI=1S/C9H20N2O2S/c1-4-14(13)6-5-10-9(12)7-11-8(2)3/h8,11H,4-7H2,1-3H3,(H,10,12). The van der Waals surface area contributed by atoms with Crippen LogP contribution in [0.15, 0.2) is 0 Å². The lowest BCUT2D eigenvalue weighted by molar-refractivity contribution is -0.120. The molecule has 0 aromatic rings. The third-order valence-electron chi connectivity index (χ3n) is 1.64. The minimum atomic E-state index is -0.791. The van der Waals surface area contributed by atoms with Gasteiger partial charge in [-0.3, -0.25) is 9.00 Å². The van der Waals surface area contributed by atoms with Crippen LogP contribution >= 0.6 is 0 Å². The van der Waals surface area contributed by atoms with Crippen molar-refractivity contribution in [2.75, 3.05) is 24.6 Å². The van der Waals surface area contributed by atoms with Crippen molar-refractivity contribution in [3.05, 3.63) is 0 Å². The van der Waals surface area contributed by atoms with E-state index in [9.17, 15) is 9.00 Å². The van der Waals surface area contributed by atoms with Crippen LogP contribution in [-0.2, 0) is 15.6 Å². The summed E-state index contributed by atoms with van der Waals surface area (Å²) in [6.45, 7) is 6.67. The smallest absolute Gasteiger partial charge is 0.233 e. The van der Waals surface area contributed by atoms with Crippen molar-refractivity contribution in [2.24, 2.45) is 0 Å². The Morgan fingerprint density at radius 2 is 2.07 bits per heavy atom. The first-order chi connectivity index (χ1) is 6.56. The van der Waals surface area contributed by atoms with Gasteiger partial charge < -0.3 is 10.6 Å². The third-order valence-corrected chi connectivity index (χ3v) is 2.95. The topological polar surface area (TPSA) is 58.2 Å². The maximum absolute atomic E-state index is 11.1. The van der Waals surface area contributed by atoms with Gasteiger partial charge in [-0.2, -0.15) is 0 Å². The van der Waals surface area contributed by atoms with Crippen LogP contribution in [0.4, 0.5) is 0 Å². The van der Waals surface area contributed by atoms with Gasteiger partial charge in [0.1, 0.15) is 0 Å². The second-order valence-electron chi connectivity index (χ2n) is 3.32. The molecule has 4 nitrogen and oxygen atoms in total. The molecule has 0 aliphatic carbocycles. The largest absolute Gasteiger partial charge is 0.354 e. The summed E-state index contributed by atoms with van der Waals surface area (Å²) in [5, 5.41) is 5.72. The molecule has 1 amide bonds. The van der Waals surface area contributed by atoms with E-state index >= 15 is 0 Å². The second-order valence-corrected chi connectivity index (χ2v) is 5.18. The molecule has 1 atom stereocenters. The molecule has 5 heteroatoms. The van der Waals surface area contributed by atoms with Crippen LogP contribution in [0, 0.1) is 0 Å². The SMILES string of the molecule is CCS(=O)CCNC(=O)CNC(C)C. The lowest BCUT2D eigenvalue weighted by Gasteiger charge is -2.08. The fourth-order valence-electron chi connectivity index (χ4n) is 0.808. The summed E-state index contributed by atoms with van der Waals surface area (Å²) in [7, 11) is -0.791. The van der Waals surface area contributed by atoms with Crippen molar-refractivity contribution in [3.63, 3.8) is 0 Å². The van der Waals surface area contributed by atoms with Crippen LogP contribution in [-0.4, -0.2) is 40.8 Å². The van der Waals surface area contributed by atoms with Gasteiger partial charge in [0.05, 0.1) is 6.54 Å². The normalized spacial score (nSPS) is 12.9. The summed E-state index contributed by atoms with van der Waals surface area (Å²) >= 11 is 0. The van der Waals surface area contributed by atoms with E-state index in [0.29, 0.717) is 30.6 Å². The summed E-state index contributed by atoms with van der Waals surface area (Å²) in [5.74, 6) is 1.16. The molecule has 0 radical (unpaired) electrons. The van der Waals surface area contributed by atoms with E-state index in [1.807, 2.05) is 20.8 Å². The lowest BCUT2D eigenvalue weighted by Crippen LogP contribution is -2.38. The Labute approximate surface area is 88.3 Å². The highest BCUT2D eigenvalue weighted by Gasteiger charge is 2.02. The van der Waals surface area contributed by atoms with Gasteiger partial charge in [0.2, 0.25) is 5.91 Å². The number of hydrogen-bond donors (Lipinski definition) is 2. The fourth-order valence-corrected chi connectivity index (χ4v) is 1.43. The predicted octanol–water partition coefficient (Wildman–Crippen LogP) is -0.131. The van der Waals surface area contributed by atoms with Gasteiger partial charge in [-0.25, -0.2) is 0 Å². The number of carbonyl (C=O) groups is 1. The van der Waals surface area contributed by atoms with Crippen molar-refractivity contribution in [1.82, 2.24) is 10.6 Å². The number of nitrogens with one attached hydrogen (secondary N) is 2. The molecule has 2 N–H and O–H groups in total. The first kappa shape index (κ1) is 13.6. The molecule has 0 spiro atoms. The molecule has 1 unspecified atom stereocenters. The molecule has 0 rings (SSSR count). The van der Waals surface area contributed by atoms with Crippen LogP contribution in [0.25, 0.3) is 0 Å². The van der Waals surface area contributed by atoms with Crippen LogP contribution < -0.4 is 10.6 Å². The van der Waals surface area contributed by atoms with Crippen molar-refractivity contribution < 1.29 is 9.00 Å². The van der Waals surface area contributed by atoms with Crippen LogP contribution in [0.1, 0.15) is 20.8 Å².